The third-order valence-electron chi connectivity index (χ3n) is 6.60. The van der Waals surface area contributed by atoms with Crippen molar-refractivity contribution < 1.29 is 18.0 Å². The Morgan fingerprint density at radius 3 is 2.10 bits per heavy atom. The number of halogens is 1. The van der Waals surface area contributed by atoms with Gasteiger partial charge in [-0.3, -0.25) is 13.9 Å². The average molecular weight is 615 g/mol. The number of nitrogens with one attached hydrogen (secondary N) is 1. The van der Waals surface area contributed by atoms with Gasteiger partial charge in [0.2, 0.25) is 11.8 Å². The van der Waals surface area contributed by atoms with Gasteiger partial charge in [0.15, 0.2) is 0 Å². The average Bonchev–Trinajstić information content (AvgIpc) is 2.88. The molecule has 7 nitrogen and oxygen atoms in total. The second-order valence-electron chi connectivity index (χ2n) is 10.0. The molecule has 0 heterocycles. The molecule has 0 bridgehead atoms. The molecule has 208 valence electrons. The number of benzene rings is 3. The van der Waals surface area contributed by atoms with Crippen LogP contribution in [0.5, 0.6) is 0 Å². The number of nitrogens with zero attached hydrogens (tertiary/aromatic N) is 2. The fourth-order valence-electron chi connectivity index (χ4n) is 4.13. The van der Waals surface area contributed by atoms with Gasteiger partial charge >= 0.3 is 0 Å². The van der Waals surface area contributed by atoms with Crippen molar-refractivity contribution in [2.75, 3.05) is 10.8 Å². The van der Waals surface area contributed by atoms with Gasteiger partial charge in [0.25, 0.3) is 10.0 Å². The highest BCUT2D eigenvalue weighted by molar-refractivity contribution is 9.10. The molecule has 0 aliphatic rings. The van der Waals surface area contributed by atoms with E-state index in [2.05, 4.69) is 21.2 Å². The number of hydrogen-bond acceptors (Lipinski definition) is 4. The lowest BCUT2D eigenvalue weighted by atomic mass is 10.1. The molecule has 0 spiro atoms. The van der Waals surface area contributed by atoms with Gasteiger partial charge in [0.05, 0.1) is 10.6 Å². The topological polar surface area (TPSA) is 86.8 Å². The first kappa shape index (κ1) is 30.4. The lowest BCUT2D eigenvalue weighted by molar-refractivity contribution is -0.139. The highest BCUT2D eigenvalue weighted by atomic mass is 79.9. The van der Waals surface area contributed by atoms with E-state index in [1.54, 1.807) is 43.3 Å². The first-order valence-corrected chi connectivity index (χ1v) is 15.0. The summed E-state index contributed by atoms with van der Waals surface area (Å²) in [7, 11) is -4.10. The van der Waals surface area contributed by atoms with Crippen molar-refractivity contribution in [1.29, 1.82) is 0 Å². The summed E-state index contributed by atoms with van der Waals surface area (Å²) < 4.78 is 30.0. The summed E-state index contributed by atoms with van der Waals surface area (Å²) in [6.07, 6.45) is 0. The summed E-state index contributed by atoms with van der Waals surface area (Å²) in [4.78, 5) is 28.5. The quantitative estimate of drug-likeness (QED) is 0.326. The molecule has 1 N–H and O–H groups in total. The van der Waals surface area contributed by atoms with Crippen molar-refractivity contribution >= 4 is 43.5 Å². The van der Waals surface area contributed by atoms with E-state index in [1.807, 2.05) is 65.0 Å². The second kappa shape index (κ2) is 12.8. The van der Waals surface area contributed by atoms with Crippen LogP contribution in [-0.2, 0) is 26.2 Å². The van der Waals surface area contributed by atoms with Crippen LogP contribution in [0.15, 0.2) is 76.1 Å². The van der Waals surface area contributed by atoms with Crippen LogP contribution in [0.25, 0.3) is 0 Å². The summed E-state index contributed by atoms with van der Waals surface area (Å²) in [5.41, 5.74) is 3.82. The van der Waals surface area contributed by atoms with Crippen molar-refractivity contribution in [2.24, 2.45) is 0 Å². The van der Waals surface area contributed by atoms with Gasteiger partial charge in [0, 0.05) is 17.1 Å². The van der Waals surface area contributed by atoms with Crippen molar-refractivity contribution in [2.45, 2.75) is 65.1 Å². The van der Waals surface area contributed by atoms with Gasteiger partial charge in [-0.05, 0) is 88.6 Å². The molecule has 0 saturated carbocycles. The third kappa shape index (κ3) is 7.48. The maximum absolute atomic E-state index is 14.0. The lowest BCUT2D eigenvalue weighted by Gasteiger charge is -2.33. The third-order valence-corrected chi connectivity index (χ3v) is 8.90. The van der Waals surface area contributed by atoms with Gasteiger partial charge in [0.1, 0.15) is 12.6 Å². The SMILES string of the molecule is Cc1ccc(S(=O)(=O)N(CC(=O)N(Cc2ccc(Br)cc2)[C@@H](C)C(=O)NC(C)C)c2cccc(C)c2C)cc1. The molecule has 0 aromatic heterocycles. The zero-order valence-electron chi connectivity index (χ0n) is 23.2. The smallest absolute Gasteiger partial charge is 0.264 e. The number of aryl methyl sites for hydroxylation is 2. The van der Waals surface area contributed by atoms with Crippen molar-refractivity contribution in [1.82, 2.24) is 10.2 Å². The minimum atomic E-state index is -4.10. The summed E-state index contributed by atoms with van der Waals surface area (Å²) in [6, 6.07) is 18.4. The minimum Gasteiger partial charge on any atom is -0.352 e. The van der Waals surface area contributed by atoms with Crippen LogP contribution >= 0.6 is 15.9 Å². The molecule has 0 aliphatic carbocycles. The van der Waals surface area contributed by atoms with E-state index < -0.39 is 28.5 Å². The van der Waals surface area contributed by atoms with Crippen LogP contribution in [-0.4, -0.2) is 43.8 Å². The Bertz CT molecular complexity index is 1420. The number of anilines is 1. The first-order valence-electron chi connectivity index (χ1n) is 12.8. The molecular formula is C30H36BrN3O4S. The molecule has 2 amide bonds. The van der Waals surface area contributed by atoms with E-state index in [-0.39, 0.29) is 23.4 Å². The van der Waals surface area contributed by atoms with Crippen molar-refractivity contribution in [3.8, 4) is 0 Å². The summed E-state index contributed by atoms with van der Waals surface area (Å²) in [5.74, 6) is -0.795. The Hall–Kier alpha value is -3.17. The first-order chi connectivity index (χ1) is 18.3. The Kier molecular flexibility index (Phi) is 9.96. The molecule has 0 radical (unpaired) electrons. The normalized spacial score (nSPS) is 12.2. The molecule has 39 heavy (non-hydrogen) atoms. The minimum absolute atomic E-state index is 0.0897. The molecular weight excluding hydrogens is 578 g/mol. The highest BCUT2D eigenvalue weighted by Crippen LogP contribution is 2.29. The van der Waals surface area contributed by atoms with Gasteiger partial charge in [-0.2, -0.15) is 0 Å². The molecule has 0 saturated heterocycles. The van der Waals surface area contributed by atoms with Gasteiger partial charge in [-0.1, -0.05) is 57.9 Å². The van der Waals surface area contributed by atoms with E-state index in [0.717, 1.165) is 31.0 Å². The van der Waals surface area contributed by atoms with E-state index in [4.69, 9.17) is 0 Å². The largest absolute Gasteiger partial charge is 0.352 e. The second-order valence-corrected chi connectivity index (χ2v) is 12.8. The lowest BCUT2D eigenvalue weighted by Crippen LogP contribution is -2.52. The Labute approximate surface area is 240 Å². The van der Waals surface area contributed by atoms with E-state index in [9.17, 15) is 18.0 Å². The van der Waals surface area contributed by atoms with Gasteiger partial charge < -0.3 is 10.2 Å². The van der Waals surface area contributed by atoms with E-state index in [1.165, 1.54) is 4.90 Å². The van der Waals surface area contributed by atoms with E-state index in [0.29, 0.717) is 5.69 Å². The molecule has 3 aromatic rings. The highest BCUT2D eigenvalue weighted by Gasteiger charge is 2.33. The zero-order valence-corrected chi connectivity index (χ0v) is 25.6. The molecule has 0 aliphatic heterocycles. The summed E-state index contributed by atoms with van der Waals surface area (Å²) in [5, 5.41) is 2.86. The molecule has 0 unspecified atom stereocenters. The van der Waals surface area contributed by atoms with Crippen LogP contribution in [0.4, 0.5) is 5.69 Å². The molecule has 0 fully saturated rings. The van der Waals surface area contributed by atoms with Crippen LogP contribution < -0.4 is 9.62 Å². The fourth-order valence-corrected chi connectivity index (χ4v) is 5.87. The van der Waals surface area contributed by atoms with Crippen LogP contribution in [0.2, 0.25) is 0 Å². The van der Waals surface area contributed by atoms with Crippen LogP contribution in [0.3, 0.4) is 0 Å². The van der Waals surface area contributed by atoms with Crippen molar-refractivity contribution in [3.63, 3.8) is 0 Å². The maximum Gasteiger partial charge on any atom is 0.264 e. The predicted molar refractivity (Wildman–Crippen MR) is 159 cm³/mol. The number of rotatable bonds is 10. The maximum atomic E-state index is 14.0. The van der Waals surface area contributed by atoms with Crippen LogP contribution in [0.1, 0.15) is 43.0 Å². The Balaban J connectivity index is 2.07. The number of hydrogen-bond donors (Lipinski definition) is 1. The molecule has 1 atom stereocenters. The molecule has 9 heteroatoms. The Morgan fingerprint density at radius 2 is 1.51 bits per heavy atom. The van der Waals surface area contributed by atoms with Gasteiger partial charge in [-0.15, -0.1) is 0 Å². The van der Waals surface area contributed by atoms with Crippen molar-refractivity contribution in [3.05, 3.63) is 93.5 Å². The number of carbonyl (C=O) groups excluding carboxylic acids is 2. The van der Waals surface area contributed by atoms with E-state index >= 15 is 0 Å². The molecule has 3 rings (SSSR count). The number of carbonyl (C=O) groups is 2. The Morgan fingerprint density at radius 1 is 0.897 bits per heavy atom. The summed E-state index contributed by atoms with van der Waals surface area (Å²) >= 11 is 3.42. The predicted octanol–water partition coefficient (Wildman–Crippen LogP) is 5.51. The van der Waals surface area contributed by atoms with Crippen LogP contribution in [0, 0.1) is 20.8 Å². The summed E-state index contributed by atoms with van der Waals surface area (Å²) in [6.45, 7) is 10.7. The standard InChI is InChI=1S/C30H36BrN3O4S/c1-20(2)32-30(36)24(6)33(18-25-12-14-26(31)15-13-25)29(35)19-34(28-9-7-8-22(4)23(28)5)39(37,38)27-16-10-21(3)11-17-27/h7-17,20,24H,18-19H2,1-6H3,(H,32,36)/t24-/m0/s1. The number of amides is 2. The fraction of sp³-hybridized carbons (Fsp3) is 0.333. The monoisotopic (exact) mass is 613 g/mol. The molecule has 3 aromatic carbocycles. The number of sulfonamides is 1. The zero-order chi connectivity index (χ0) is 28.9. The van der Waals surface area contributed by atoms with Gasteiger partial charge in [-0.25, -0.2) is 8.42 Å².